The van der Waals surface area contributed by atoms with E-state index in [9.17, 15) is 5.11 Å². The molecule has 3 nitrogen and oxygen atoms in total. The number of hydrogen-bond acceptors (Lipinski definition) is 3. The first-order chi connectivity index (χ1) is 8.49. The topological polar surface area (TPSA) is 55.5 Å². The Labute approximate surface area is 116 Å². The summed E-state index contributed by atoms with van der Waals surface area (Å²) in [4.78, 5) is 0. The second kappa shape index (κ2) is 5.10. The third kappa shape index (κ3) is 2.24. The zero-order chi connectivity index (χ0) is 13.3. The monoisotopic (exact) mass is 313 g/mol. The summed E-state index contributed by atoms with van der Waals surface area (Å²) in [6, 6.07) is 1.67. The first-order valence-corrected chi connectivity index (χ1v) is 7.14. The quantitative estimate of drug-likeness (QED) is 0.877. The van der Waals surface area contributed by atoms with E-state index in [0.717, 1.165) is 41.3 Å². The van der Waals surface area contributed by atoms with Gasteiger partial charge in [0, 0.05) is 15.6 Å². The molecule has 0 aromatic heterocycles. The van der Waals surface area contributed by atoms with Crippen molar-refractivity contribution in [2.24, 2.45) is 5.73 Å². The van der Waals surface area contributed by atoms with E-state index in [1.54, 1.807) is 13.2 Å². The highest BCUT2D eigenvalue weighted by Crippen LogP contribution is 2.46. The van der Waals surface area contributed by atoms with Gasteiger partial charge in [0.2, 0.25) is 0 Å². The van der Waals surface area contributed by atoms with Crippen LogP contribution in [0.3, 0.4) is 0 Å². The molecule has 3 N–H and O–H groups in total. The molecule has 0 radical (unpaired) electrons. The van der Waals surface area contributed by atoms with Crippen molar-refractivity contribution in [3.63, 3.8) is 0 Å². The number of benzene rings is 1. The fourth-order valence-corrected chi connectivity index (χ4v) is 3.37. The number of aromatic hydroxyl groups is 1. The molecule has 1 aliphatic rings. The predicted molar refractivity (Wildman–Crippen MR) is 76.0 cm³/mol. The number of ether oxygens (including phenoxy) is 1. The van der Waals surface area contributed by atoms with E-state index >= 15 is 0 Å². The lowest BCUT2D eigenvalue weighted by molar-refractivity contribution is 0.282. The summed E-state index contributed by atoms with van der Waals surface area (Å²) < 4.78 is 6.26. The van der Waals surface area contributed by atoms with Gasteiger partial charge in [-0.1, -0.05) is 35.2 Å². The third-order valence-corrected chi connectivity index (χ3v) is 4.73. The molecule has 0 saturated heterocycles. The lowest BCUT2D eigenvalue weighted by Crippen LogP contribution is -2.39. The molecule has 0 bridgehead atoms. The molecule has 1 saturated carbocycles. The Morgan fingerprint density at radius 2 is 1.94 bits per heavy atom. The predicted octanol–water partition coefficient (Wildman–Crippen LogP) is 3.59. The molecule has 0 amide bonds. The molecule has 1 aromatic carbocycles. The second-order valence-corrected chi connectivity index (χ2v) is 5.98. The number of halogens is 1. The highest BCUT2D eigenvalue weighted by Gasteiger charge is 2.35. The van der Waals surface area contributed by atoms with Crippen molar-refractivity contribution in [2.45, 2.75) is 44.6 Å². The summed E-state index contributed by atoms with van der Waals surface area (Å²) in [5.41, 5.74) is 8.22. The minimum Gasteiger partial charge on any atom is -0.504 e. The molecule has 0 heterocycles. The standard InChI is InChI=1S/C14H20BrNO2/c1-9-10(15)8-11(17)13(18-2)12(9)14(16)6-4-3-5-7-14/h8,17H,3-7,16H2,1-2H3. The normalized spacial score (nSPS) is 18.7. The molecule has 0 atom stereocenters. The van der Waals surface area contributed by atoms with Crippen LogP contribution in [0.1, 0.15) is 43.2 Å². The second-order valence-electron chi connectivity index (χ2n) is 5.13. The van der Waals surface area contributed by atoms with Crippen molar-refractivity contribution >= 4 is 15.9 Å². The Morgan fingerprint density at radius 3 is 2.50 bits per heavy atom. The highest BCUT2D eigenvalue weighted by atomic mass is 79.9. The molecule has 1 aliphatic carbocycles. The van der Waals surface area contributed by atoms with E-state index in [1.165, 1.54) is 6.42 Å². The molecular formula is C14H20BrNO2. The maximum atomic E-state index is 10.0. The van der Waals surface area contributed by atoms with Crippen LogP contribution in [-0.4, -0.2) is 12.2 Å². The van der Waals surface area contributed by atoms with Crippen LogP contribution in [-0.2, 0) is 5.54 Å². The maximum absolute atomic E-state index is 10.0. The molecule has 0 aliphatic heterocycles. The van der Waals surface area contributed by atoms with Gasteiger partial charge in [-0.3, -0.25) is 0 Å². The van der Waals surface area contributed by atoms with E-state index < -0.39 is 0 Å². The van der Waals surface area contributed by atoms with Crippen LogP contribution >= 0.6 is 15.9 Å². The van der Waals surface area contributed by atoms with Gasteiger partial charge in [-0.05, 0) is 31.4 Å². The minimum absolute atomic E-state index is 0.153. The van der Waals surface area contributed by atoms with E-state index in [-0.39, 0.29) is 11.3 Å². The van der Waals surface area contributed by atoms with Gasteiger partial charge in [-0.15, -0.1) is 0 Å². The molecule has 4 heteroatoms. The summed E-state index contributed by atoms with van der Waals surface area (Å²) in [6.07, 6.45) is 5.39. The summed E-state index contributed by atoms with van der Waals surface area (Å²) >= 11 is 3.48. The fraction of sp³-hybridized carbons (Fsp3) is 0.571. The summed E-state index contributed by atoms with van der Waals surface area (Å²) in [6.45, 7) is 2.02. The number of nitrogens with two attached hydrogens (primary N) is 1. The Kier molecular flexibility index (Phi) is 3.87. The van der Waals surface area contributed by atoms with Crippen molar-refractivity contribution in [1.82, 2.24) is 0 Å². The molecule has 1 fully saturated rings. The van der Waals surface area contributed by atoms with Gasteiger partial charge in [0.25, 0.3) is 0 Å². The lowest BCUT2D eigenvalue weighted by Gasteiger charge is -2.36. The fourth-order valence-electron chi connectivity index (χ4n) is 2.95. The number of phenolic OH excluding ortho intramolecular Hbond substituents is 1. The van der Waals surface area contributed by atoms with Crippen LogP contribution < -0.4 is 10.5 Å². The average molecular weight is 314 g/mol. The van der Waals surface area contributed by atoms with Crippen molar-refractivity contribution in [3.05, 3.63) is 21.7 Å². The van der Waals surface area contributed by atoms with E-state index in [2.05, 4.69) is 15.9 Å². The number of rotatable bonds is 2. The largest absolute Gasteiger partial charge is 0.504 e. The third-order valence-electron chi connectivity index (χ3n) is 3.90. The van der Waals surface area contributed by atoms with Crippen molar-refractivity contribution in [1.29, 1.82) is 0 Å². The van der Waals surface area contributed by atoms with Crippen LogP contribution in [0.5, 0.6) is 11.5 Å². The number of methoxy groups -OCH3 is 1. The van der Waals surface area contributed by atoms with Crippen molar-refractivity contribution < 1.29 is 9.84 Å². The van der Waals surface area contributed by atoms with Gasteiger partial charge in [0.05, 0.1) is 7.11 Å². The van der Waals surface area contributed by atoms with Gasteiger partial charge in [-0.2, -0.15) is 0 Å². The van der Waals surface area contributed by atoms with Crippen molar-refractivity contribution in [2.75, 3.05) is 7.11 Å². The van der Waals surface area contributed by atoms with Crippen LogP contribution in [0.4, 0.5) is 0 Å². The molecule has 18 heavy (non-hydrogen) atoms. The van der Waals surface area contributed by atoms with Gasteiger partial charge in [0.15, 0.2) is 11.5 Å². The van der Waals surface area contributed by atoms with E-state index in [0.29, 0.717) is 5.75 Å². The lowest BCUT2D eigenvalue weighted by atomic mass is 9.75. The maximum Gasteiger partial charge on any atom is 0.165 e. The Bertz CT molecular complexity index is 454. The first kappa shape index (κ1) is 13.7. The molecular weight excluding hydrogens is 294 g/mol. The first-order valence-electron chi connectivity index (χ1n) is 6.35. The minimum atomic E-state index is -0.380. The molecule has 2 rings (SSSR count). The zero-order valence-corrected chi connectivity index (χ0v) is 12.5. The van der Waals surface area contributed by atoms with Crippen LogP contribution in [0.2, 0.25) is 0 Å². The Hall–Kier alpha value is -0.740. The zero-order valence-electron chi connectivity index (χ0n) is 10.9. The molecule has 1 aromatic rings. The van der Waals surface area contributed by atoms with Crippen LogP contribution in [0.25, 0.3) is 0 Å². The smallest absolute Gasteiger partial charge is 0.165 e. The Morgan fingerprint density at radius 1 is 1.33 bits per heavy atom. The summed E-state index contributed by atoms with van der Waals surface area (Å²) in [5.74, 6) is 0.681. The Balaban J connectivity index is 2.60. The molecule has 0 unspecified atom stereocenters. The van der Waals surface area contributed by atoms with Crippen molar-refractivity contribution in [3.8, 4) is 11.5 Å². The summed E-state index contributed by atoms with van der Waals surface area (Å²) in [5, 5.41) is 10.0. The van der Waals surface area contributed by atoms with Gasteiger partial charge >= 0.3 is 0 Å². The van der Waals surface area contributed by atoms with Gasteiger partial charge < -0.3 is 15.6 Å². The average Bonchev–Trinajstić information content (AvgIpc) is 2.34. The highest BCUT2D eigenvalue weighted by molar-refractivity contribution is 9.10. The van der Waals surface area contributed by atoms with E-state index in [1.807, 2.05) is 6.92 Å². The SMILES string of the molecule is COc1c(O)cc(Br)c(C)c1C1(N)CCCCC1. The van der Waals surface area contributed by atoms with Gasteiger partial charge in [-0.25, -0.2) is 0 Å². The number of hydrogen-bond donors (Lipinski definition) is 2. The van der Waals surface area contributed by atoms with Crippen LogP contribution in [0, 0.1) is 6.92 Å². The molecule has 100 valence electrons. The molecule has 0 spiro atoms. The van der Waals surface area contributed by atoms with Crippen LogP contribution in [0.15, 0.2) is 10.5 Å². The summed E-state index contributed by atoms with van der Waals surface area (Å²) in [7, 11) is 1.58. The number of phenols is 1. The van der Waals surface area contributed by atoms with E-state index in [4.69, 9.17) is 10.5 Å². The van der Waals surface area contributed by atoms with Gasteiger partial charge in [0.1, 0.15) is 0 Å².